The van der Waals surface area contributed by atoms with Crippen molar-refractivity contribution >= 4 is 29.0 Å². The van der Waals surface area contributed by atoms with Crippen LogP contribution in [0.1, 0.15) is 32.3 Å². The second-order valence-corrected chi connectivity index (χ2v) is 9.46. The van der Waals surface area contributed by atoms with Crippen LogP contribution in [0.25, 0.3) is 17.1 Å². The number of amides is 1. The van der Waals surface area contributed by atoms with Gasteiger partial charge in [-0.1, -0.05) is 43.8 Å². The maximum absolute atomic E-state index is 12.9. The zero-order valence-electron chi connectivity index (χ0n) is 19.5. The molecule has 178 valence electrons. The number of nitrogens with one attached hydrogen (secondary N) is 1. The highest BCUT2D eigenvalue weighted by Gasteiger charge is 2.24. The number of pyridine rings is 1. The van der Waals surface area contributed by atoms with E-state index in [4.69, 9.17) is 0 Å². The van der Waals surface area contributed by atoms with Crippen LogP contribution >= 0.6 is 11.8 Å². The van der Waals surface area contributed by atoms with Gasteiger partial charge in [-0.2, -0.15) is 0 Å². The summed E-state index contributed by atoms with van der Waals surface area (Å²) in [6.45, 7) is 6.03. The van der Waals surface area contributed by atoms with Gasteiger partial charge in [0.05, 0.1) is 15.9 Å². The Kier molecular flexibility index (Phi) is 7.21. The van der Waals surface area contributed by atoms with Crippen LogP contribution < -0.4 is 5.32 Å². The number of nitrogens with zero attached hydrogens (tertiary/aromatic N) is 5. The number of rotatable bonds is 8. The van der Waals surface area contributed by atoms with Crippen molar-refractivity contribution in [2.24, 2.45) is 0 Å². The fourth-order valence-electron chi connectivity index (χ4n) is 3.55. The summed E-state index contributed by atoms with van der Waals surface area (Å²) < 4.78 is 1.96. The maximum Gasteiger partial charge on any atom is 0.269 e. The van der Waals surface area contributed by atoms with Gasteiger partial charge in [-0.05, 0) is 48.7 Å². The molecule has 0 aliphatic carbocycles. The number of nitro benzene ring substituents is 1. The highest BCUT2D eigenvalue weighted by molar-refractivity contribution is 8.00. The Morgan fingerprint density at radius 2 is 1.77 bits per heavy atom. The molecule has 1 N–H and O–H groups in total. The fourth-order valence-corrected chi connectivity index (χ4v) is 4.41. The Hall–Kier alpha value is -4.05. The lowest BCUT2D eigenvalue weighted by Gasteiger charge is -2.18. The van der Waals surface area contributed by atoms with E-state index in [1.807, 2.05) is 34.9 Å². The first kappa shape index (κ1) is 24.1. The first-order chi connectivity index (χ1) is 16.8. The molecule has 10 heteroatoms. The highest BCUT2D eigenvalue weighted by Crippen LogP contribution is 2.33. The molecule has 0 spiro atoms. The topological polar surface area (TPSA) is 116 Å². The molecular weight excluding hydrogens is 464 g/mol. The van der Waals surface area contributed by atoms with E-state index in [-0.39, 0.29) is 17.5 Å². The minimum absolute atomic E-state index is 0.0368. The average Bonchev–Trinajstić information content (AvgIpc) is 3.28. The molecular formula is C25H24N6O3S. The number of hydrogen-bond donors (Lipinski definition) is 1. The summed E-state index contributed by atoms with van der Waals surface area (Å²) in [7, 11) is 0. The van der Waals surface area contributed by atoms with Crippen molar-refractivity contribution in [3.8, 4) is 17.1 Å². The third kappa shape index (κ3) is 5.38. The van der Waals surface area contributed by atoms with Crippen LogP contribution in [0.3, 0.4) is 0 Å². The predicted molar refractivity (Wildman–Crippen MR) is 136 cm³/mol. The van der Waals surface area contributed by atoms with Crippen molar-refractivity contribution in [1.82, 2.24) is 19.7 Å². The molecule has 4 aromatic rings. The smallest absolute Gasteiger partial charge is 0.269 e. The van der Waals surface area contributed by atoms with Crippen LogP contribution in [0.2, 0.25) is 0 Å². The summed E-state index contributed by atoms with van der Waals surface area (Å²) in [5, 5.41) is 22.6. The summed E-state index contributed by atoms with van der Waals surface area (Å²) >= 11 is 1.29. The largest absolute Gasteiger partial charge is 0.325 e. The second-order valence-electron chi connectivity index (χ2n) is 8.15. The lowest BCUT2D eigenvalue weighted by molar-refractivity contribution is -0.384. The number of carbonyl (C=O) groups is 1. The van der Waals surface area contributed by atoms with Gasteiger partial charge in [0.2, 0.25) is 5.91 Å². The molecule has 4 rings (SSSR count). The number of para-hydroxylation sites is 1. The normalized spacial score (nSPS) is 11.9. The van der Waals surface area contributed by atoms with Gasteiger partial charge in [0.25, 0.3) is 5.69 Å². The SMILES string of the molecule is CC(Sc1nnc(-c2cccnc2)n1-c1ccccc1C(C)C)C(=O)Nc1ccc([N+](=O)[O-])cc1. The summed E-state index contributed by atoms with van der Waals surface area (Å²) in [6.07, 6.45) is 3.43. The van der Waals surface area contributed by atoms with Crippen molar-refractivity contribution in [2.45, 2.75) is 37.1 Å². The van der Waals surface area contributed by atoms with Crippen molar-refractivity contribution in [2.75, 3.05) is 5.32 Å². The molecule has 9 nitrogen and oxygen atoms in total. The molecule has 1 unspecified atom stereocenters. The van der Waals surface area contributed by atoms with Gasteiger partial charge in [-0.3, -0.25) is 24.5 Å². The molecule has 1 atom stereocenters. The molecule has 0 fully saturated rings. The van der Waals surface area contributed by atoms with E-state index in [0.717, 1.165) is 16.8 Å². The Morgan fingerprint density at radius 3 is 2.43 bits per heavy atom. The molecule has 0 saturated carbocycles. The Balaban J connectivity index is 1.65. The number of benzene rings is 2. The van der Waals surface area contributed by atoms with E-state index in [1.165, 1.54) is 36.0 Å². The number of aromatic nitrogens is 4. The summed E-state index contributed by atoms with van der Waals surface area (Å²) in [5.74, 6) is 0.645. The molecule has 2 aromatic carbocycles. The van der Waals surface area contributed by atoms with Crippen LogP contribution in [-0.2, 0) is 4.79 Å². The summed E-state index contributed by atoms with van der Waals surface area (Å²) in [4.78, 5) is 27.5. The molecule has 0 bridgehead atoms. The third-order valence-corrected chi connectivity index (χ3v) is 6.39. The van der Waals surface area contributed by atoms with Crippen LogP contribution in [0.15, 0.2) is 78.2 Å². The average molecular weight is 489 g/mol. The number of carbonyl (C=O) groups excluding carboxylic acids is 1. The monoisotopic (exact) mass is 488 g/mol. The predicted octanol–water partition coefficient (Wildman–Crippen LogP) is 5.48. The van der Waals surface area contributed by atoms with Gasteiger partial charge < -0.3 is 5.32 Å². The maximum atomic E-state index is 12.9. The number of nitro groups is 1. The number of thioether (sulfide) groups is 1. The van der Waals surface area contributed by atoms with Crippen LogP contribution in [0.4, 0.5) is 11.4 Å². The van der Waals surface area contributed by atoms with Crippen molar-refractivity contribution in [3.05, 3.63) is 88.7 Å². The van der Waals surface area contributed by atoms with Crippen LogP contribution in [0, 0.1) is 10.1 Å². The second kappa shape index (κ2) is 10.5. The van der Waals surface area contributed by atoms with Gasteiger partial charge in [-0.15, -0.1) is 10.2 Å². The molecule has 0 radical (unpaired) electrons. The van der Waals surface area contributed by atoms with E-state index < -0.39 is 10.2 Å². The summed E-state index contributed by atoms with van der Waals surface area (Å²) in [6, 6.07) is 17.6. The van der Waals surface area contributed by atoms with Crippen LogP contribution in [0.5, 0.6) is 0 Å². The number of anilines is 1. The lowest BCUT2D eigenvalue weighted by Crippen LogP contribution is -2.23. The van der Waals surface area contributed by atoms with E-state index in [0.29, 0.717) is 16.7 Å². The Bertz CT molecular complexity index is 1340. The molecule has 2 aromatic heterocycles. The van der Waals surface area contributed by atoms with Crippen molar-refractivity contribution < 1.29 is 9.72 Å². The van der Waals surface area contributed by atoms with Crippen molar-refractivity contribution in [1.29, 1.82) is 0 Å². The molecule has 0 aliphatic heterocycles. The van der Waals surface area contributed by atoms with Crippen LogP contribution in [-0.4, -0.2) is 35.8 Å². The van der Waals surface area contributed by atoms with E-state index in [1.54, 1.807) is 19.3 Å². The molecule has 1 amide bonds. The van der Waals surface area contributed by atoms with Gasteiger partial charge in [0, 0.05) is 35.8 Å². The number of non-ortho nitro benzene ring substituents is 1. The van der Waals surface area contributed by atoms with Gasteiger partial charge in [0.15, 0.2) is 11.0 Å². The standard InChI is InChI=1S/C25H24N6O3S/c1-16(2)21-8-4-5-9-22(21)30-23(18-7-6-14-26-15-18)28-29-25(30)35-17(3)24(32)27-19-10-12-20(13-11-19)31(33)34/h4-17H,1-3H3,(H,27,32). The van der Waals surface area contributed by atoms with Gasteiger partial charge in [0.1, 0.15) is 0 Å². The first-order valence-electron chi connectivity index (χ1n) is 11.0. The quantitative estimate of drug-likeness (QED) is 0.198. The number of hydrogen-bond acceptors (Lipinski definition) is 7. The zero-order chi connectivity index (χ0) is 24.9. The molecule has 35 heavy (non-hydrogen) atoms. The zero-order valence-corrected chi connectivity index (χ0v) is 20.3. The molecule has 0 saturated heterocycles. The minimum atomic E-state index is -0.513. The molecule has 0 aliphatic rings. The van der Waals surface area contributed by atoms with E-state index in [9.17, 15) is 14.9 Å². The molecule has 2 heterocycles. The van der Waals surface area contributed by atoms with Gasteiger partial charge >= 0.3 is 0 Å². The third-order valence-electron chi connectivity index (χ3n) is 5.35. The van der Waals surface area contributed by atoms with Crippen molar-refractivity contribution in [3.63, 3.8) is 0 Å². The highest BCUT2D eigenvalue weighted by atomic mass is 32.2. The first-order valence-corrected chi connectivity index (χ1v) is 11.9. The van der Waals surface area contributed by atoms with E-state index >= 15 is 0 Å². The van der Waals surface area contributed by atoms with Gasteiger partial charge in [-0.25, -0.2) is 0 Å². The lowest BCUT2D eigenvalue weighted by atomic mass is 10.0. The minimum Gasteiger partial charge on any atom is -0.325 e. The summed E-state index contributed by atoms with van der Waals surface area (Å²) in [5.41, 5.74) is 3.33. The van der Waals surface area contributed by atoms with E-state index in [2.05, 4.69) is 40.4 Å². The Morgan fingerprint density at radius 1 is 1.03 bits per heavy atom. The fraction of sp³-hybridized carbons (Fsp3) is 0.200. The Labute approximate surface area is 206 Å².